The molecule has 0 N–H and O–H groups in total. The summed E-state index contributed by atoms with van der Waals surface area (Å²) >= 11 is 9.44. The van der Waals surface area contributed by atoms with Crippen LogP contribution in [0.4, 0.5) is 0 Å². The molecular weight excluding hydrogens is 263 g/mol. The zero-order valence-electron chi connectivity index (χ0n) is 8.22. The van der Waals surface area contributed by atoms with Gasteiger partial charge in [0.15, 0.2) is 0 Å². The number of unbranched alkanes of at least 4 members (excludes halogenated alkanes) is 1. The van der Waals surface area contributed by atoms with Crippen LogP contribution < -0.4 is 4.74 Å². The van der Waals surface area contributed by atoms with Crippen molar-refractivity contribution in [1.82, 2.24) is 0 Å². The van der Waals surface area contributed by atoms with Crippen LogP contribution >= 0.6 is 27.5 Å². The first-order valence-electron chi connectivity index (χ1n) is 4.75. The number of halogens is 2. The van der Waals surface area contributed by atoms with E-state index in [1.54, 1.807) is 0 Å². The SMILES string of the molecule is CCCCOc1cccc(Cl)c1CBr. The van der Waals surface area contributed by atoms with E-state index in [0.29, 0.717) is 0 Å². The average Bonchev–Trinajstić information content (AvgIpc) is 2.18. The highest BCUT2D eigenvalue weighted by Gasteiger charge is 2.05. The molecule has 1 aromatic carbocycles. The molecule has 0 atom stereocenters. The van der Waals surface area contributed by atoms with Gasteiger partial charge < -0.3 is 4.74 Å². The third kappa shape index (κ3) is 3.18. The van der Waals surface area contributed by atoms with Gasteiger partial charge in [0.1, 0.15) is 5.75 Å². The Kier molecular flexibility index (Phi) is 5.34. The first kappa shape index (κ1) is 11.9. The first-order valence-corrected chi connectivity index (χ1v) is 6.25. The van der Waals surface area contributed by atoms with E-state index in [0.717, 1.165) is 41.1 Å². The lowest BCUT2D eigenvalue weighted by Crippen LogP contribution is -1.99. The molecular formula is C11H14BrClO. The fourth-order valence-corrected chi connectivity index (χ4v) is 2.10. The Morgan fingerprint density at radius 2 is 2.21 bits per heavy atom. The molecule has 0 saturated heterocycles. The maximum atomic E-state index is 6.03. The maximum Gasteiger partial charge on any atom is 0.124 e. The van der Waals surface area contributed by atoms with E-state index in [1.165, 1.54) is 0 Å². The van der Waals surface area contributed by atoms with Crippen molar-refractivity contribution in [3.05, 3.63) is 28.8 Å². The van der Waals surface area contributed by atoms with Gasteiger partial charge in [0.2, 0.25) is 0 Å². The van der Waals surface area contributed by atoms with Crippen molar-refractivity contribution in [2.75, 3.05) is 6.61 Å². The number of alkyl halides is 1. The van der Waals surface area contributed by atoms with Crippen molar-refractivity contribution in [1.29, 1.82) is 0 Å². The Balaban J connectivity index is 2.70. The number of hydrogen-bond acceptors (Lipinski definition) is 1. The third-order valence-electron chi connectivity index (χ3n) is 1.96. The Morgan fingerprint density at radius 3 is 2.86 bits per heavy atom. The van der Waals surface area contributed by atoms with Gasteiger partial charge >= 0.3 is 0 Å². The van der Waals surface area contributed by atoms with Gasteiger partial charge in [0.05, 0.1) is 6.61 Å². The molecule has 0 saturated carbocycles. The van der Waals surface area contributed by atoms with Crippen LogP contribution in [0.3, 0.4) is 0 Å². The highest BCUT2D eigenvalue weighted by atomic mass is 79.9. The van der Waals surface area contributed by atoms with Gasteiger partial charge in [-0.2, -0.15) is 0 Å². The van der Waals surface area contributed by atoms with Crippen molar-refractivity contribution in [2.45, 2.75) is 25.1 Å². The molecule has 0 aromatic heterocycles. The van der Waals surface area contributed by atoms with Crippen molar-refractivity contribution < 1.29 is 4.74 Å². The molecule has 1 nitrogen and oxygen atoms in total. The molecule has 0 heterocycles. The number of rotatable bonds is 5. The molecule has 1 aromatic rings. The molecule has 3 heteroatoms. The highest BCUT2D eigenvalue weighted by Crippen LogP contribution is 2.28. The second-order valence-electron chi connectivity index (χ2n) is 3.05. The fraction of sp³-hybridized carbons (Fsp3) is 0.455. The molecule has 14 heavy (non-hydrogen) atoms. The molecule has 0 bridgehead atoms. The van der Waals surface area contributed by atoms with E-state index in [-0.39, 0.29) is 0 Å². The minimum absolute atomic E-state index is 0.730. The van der Waals surface area contributed by atoms with E-state index in [2.05, 4.69) is 22.9 Å². The molecule has 0 spiro atoms. The minimum Gasteiger partial charge on any atom is -0.493 e. The standard InChI is InChI=1S/C11H14BrClO/c1-2-3-7-14-11-6-4-5-10(13)9(11)8-12/h4-6H,2-3,7-8H2,1H3. The van der Waals surface area contributed by atoms with E-state index in [1.807, 2.05) is 18.2 Å². The summed E-state index contributed by atoms with van der Waals surface area (Å²) in [4.78, 5) is 0. The summed E-state index contributed by atoms with van der Waals surface area (Å²) in [5.41, 5.74) is 1.03. The first-order chi connectivity index (χ1) is 6.79. The van der Waals surface area contributed by atoms with Crippen LogP contribution in [-0.2, 0) is 5.33 Å². The number of benzene rings is 1. The zero-order valence-corrected chi connectivity index (χ0v) is 10.6. The van der Waals surface area contributed by atoms with E-state index >= 15 is 0 Å². The van der Waals surface area contributed by atoms with Gasteiger partial charge in [0.25, 0.3) is 0 Å². The van der Waals surface area contributed by atoms with Crippen LogP contribution in [0.2, 0.25) is 5.02 Å². The molecule has 1 rings (SSSR count). The third-order valence-corrected chi connectivity index (χ3v) is 2.88. The largest absolute Gasteiger partial charge is 0.493 e. The summed E-state index contributed by atoms with van der Waals surface area (Å²) in [5.74, 6) is 0.892. The highest BCUT2D eigenvalue weighted by molar-refractivity contribution is 9.08. The lowest BCUT2D eigenvalue weighted by atomic mass is 10.2. The Hall–Kier alpha value is -0.210. The minimum atomic E-state index is 0.730. The molecule has 0 aliphatic carbocycles. The summed E-state index contributed by atoms with van der Waals surface area (Å²) in [7, 11) is 0. The summed E-state index contributed by atoms with van der Waals surface area (Å²) in [6, 6.07) is 5.75. The summed E-state index contributed by atoms with van der Waals surface area (Å²) in [6.07, 6.45) is 2.22. The van der Waals surface area contributed by atoms with Crippen LogP contribution in [0.5, 0.6) is 5.75 Å². The molecule has 0 amide bonds. The lowest BCUT2D eigenvalue weighted by Gasteiger charge is -2.10. The number of ether oxygens (including phenoxy) is 1. The molecule has 0 radical (unpaired) electrons. The lowest BCUT2D eigenvalue weighted by molar-refractivity contribution is 0.307. The number of hydrogen-bond donors (Lipinski definition) is 0. The van der Waals surface area contributed by atoms with Crippen molar-refractivity contribution in [3.63, 3.8) is 0 Å². The molecule has 0 aliphatic heterocycles. The van der Waals surface area contributed by atoms with Gasteiger partial charge in [-0.3, -0.25) is 0 Å². The summed E-state index contributed by atoms with van der Waals surface area (Å²) in [5, 5.41) is 1.49. The molecule has 0 unspecified atom stereocenters. The Labute approximate surface area is 98.5 Å². The monoisotopic (exact) mass is 276 g/mol. The molecule has 0 aliphatic rings. The van der Waals surface area contributed by atoms with Crippen LogP contribution in [0.15, 0.2) is 18.2 Å². The van der Waals surface area contributed by atoms with Crippen LogP contribution in [0.25, 0.3) is 0 Å². The summed E-state index contributed by atoms with van der Waals surface area (Å²) in [6.45, 7) is 2.91. The van der Waals surface area contributed by atoms with Crippen molar-refractivity contribution in [2.24, 2.45) is 0 Å². The van der Waals surface area contributed by atoms with E-state index < -0.39 is 0 Å². The quantitative estimate of drug-likeness (QED) is 0.572. The predicted octanol–water partition coefficient (Wildman–Crippen LogP) is 4.41. The van der Waals surface area contributed by atoms with Gasteiger partial charge in [-0.05, 0) is 18.6 Å². The Bertz CT molecular complexity index is 289. The van der Waals surface area contributed by atoms with E-state index in [9.17, 15) is 0 Å². The van der Waals surface area contributed by atoms with Gasteiger partial charge in [-0.15, -0.1) is 0 Å². The van der Waals surface area contributed by atoms with Crippen molar-refractivity contribution in [3.8, 4) is 5.75 Å². The topological polar surface area (TPSA) is 9.23 Å². The van der Waals surface area contributed by atoms with E-state index in [4.69, 9.17) is 16.3 Å². The van der Waals surface area contributed by atoms with Gasteiger partial charge in [-0.1, -0.05) is 46.9 Å². The maximum absolute atomic E-state index is 6.03. The smallest absolute Gasteiger partial charge is 0.124 e. The molecule has 0 fully saturated rings. The van der Waals surface area contributed by atoms with Crippen LogP contribution in [0.1, 0.15) is 25.3 Å². The second-order valence-corrected chi connectivity index (χ2v) is 4.02. The van der Waals surface area contributed by atoms with Crippen LogP contribution in [0, 0.1) is 0 Å². The van der Waals surface area contributed by atoms with Gasteiger partial charge in [0, 0.05) is 15.9 Å². The van der Waals surface area contributed by atoms with Gasteiger partial charge in [-0.25, -0.2) is 0 Å². The molecule has 78 valence electrons. The van der Waals surface area contributed by atoms with Crippen LogP contribution in [-0.4, -0.2) is 6.61 Å². The summed E-state index contributed by atoms with van der Waals surface area (Å²) < 4.78 is 5.63. The predicted molar refractivity (Wildman–Crippen MR) is 64.5 cm³/mol. The average molecular weight is 278 g/mol. The zero-order chi connectivity index (χ0) is 10.4. The Morgan fingerprint density at radius 1 is 1.43 bits per heavy atom. The fourth-order valence-electron chi connectivity index (χ4n) is 1.13. The van der Waals surface area contributed by atoms with Crippen molar-refractivity contribution >= 4 is 27.5 Å². The second kappa shape index (κ2) is 6.31. The normalized spacial score (nSPS) is 10.2.